The zero-order valence-electron chi connectivity index (χ0n) is 11.7. The van der Waals surface area contributed by atoms with Gasteiger partial charge in [-0.05, 0) is 29.8 Å². The number of fused-ring (bicyclic) bond motifs is 1. The Labute approximate surface area is 123 Å². The third-order valence-electron chi connectivity index (χ3n) is 3.55. The van der Waals surface area contributed by atoms with Crippen molar-refractivity contribution in [3.8, 4) is 0 Å². The van der Waals surface area contributed by atoms with Crippen LogP contribution in [0.4, 0.5) is 0 Å². The molecule has 3 aromatic carbocycles. The van der Waals surface area contributed by atoms with Crippen LogP contribution >= 0.6 is 0 Å². The Morgan fingerprint density at radius 1 is 0.714 bits per heavy atom. The molecule has 2 heteroatoms. The highest BCUT2D eigenvalue weighted by Crippen LogP contribution is 2.23. The van der Waals surface area contributed by atoms with Gasteiger partial charge in [-0.25, -0.2) is 0 Å². The van der Waals surface area contributed by atoms with Gasteiger partial charge in [0.05, 0.1) is 0 Å². The van der Waals surface area contributed by atoms with Crippen molar-refractivity contribution in [1.29, 1.82) is 0 Å². The first-order chi connectivity index (χ1) is 10.2. The van der Waals surface area contributed by atoms with E-state index in [-0.39, 0.29) is 11.6 Å². The number of carbonyl (C=O) groups excluding carboxylic acids is 2. The normalized spacial score (nSPS) is 10.5. The minimum Gasteiger partial charge on any atom is -0.294 e. The fraction of sp³-hybridized carbons (Fsp3) is 0.0526. The van der Waals surface area contributed by atoms with Crippen LogP contribution in [0.2, 0.25) is 0 Å². The second-order valence-corrected chi connectivity index (χ2v) is 5.00. The third-order valence-corrected chi connectivity index (χ3v) is 3.55. The maximum Gasteiger partial charge on any atom is 0.193 e. The molecule has 0 spiro atoms. The van der Waals surface area contributed by atoms with E-state index >= 15 is 0 Å². The zero-order valence-corrected chi connectivity index (χ0v) is 11.7. The summed E-state index contributed by atoms with van der Waals surface area (Å²) in [7, 11) is 0. The first-order valence-corrected chi connectivity index (χ1v) is 6.80. The van der Waals surface area contributed by atoms with Crippen LogP contribution in [0.1, 0.15) is 33.2 Å². The van der Waals surface area contributed by atoms with E-state index in [9.17, 15) is 9.59 Å². The number of hydrogen-bond donors (Lipinski definition) is 0. The van der Waals surface area contributed by atoms with Gasteiger partial charge in [0.25, 0.3) is 0 Å². The van der Waals surface area contributed by atoms with E-state index in [4.69, 9.17) is 0 Å². The number of ketones is 2. The fourth-order valence-corrected chi connectivity index (χ4v) is 2.46. The van der Waals surface area contributed by atoms with Crippen LogP contribution in [0, 0.1) is 0 Å². The molecule has 0 aliphatic heterocycles. The summed E-state index contributed by atoms with van der Waals surface area (Å²) in [5.74, 6) is -0.216. The summed E-state index contributed by atoms with van der Waals surface area (Å²) in [6.07, 6.45) is 0. The maximum atomic E-state index is 12.7. The largest absolute Gasteiger partial charge is 0.294 e. The van der Waals surface area contributed by atoms with E-state index in [0.29, 0.717) is 16.7 Å². The van der Waals surface area contributed by atoms with Gasteiger partial charge in [-0.3, -0.25) is 9.59 Å². The molecule has 0 saturated carbocycles. The van der Waals surface area contributed by atoms with E-state index in [1.807, 2.05) is 42.5 Å². The van der Waals surface area contributed by atoms with E-state index in [1.165, 1.54) is 6.92 Å². The highest BCUT2D eigenvalue weighted by atomic mass is 16.1. The van der Waals surface area contributed by atoms with Crippen LogP contribution < -0.4 is 0 Å². The van der Waals surface area contributed by atoms with E-state index in [0.717, 1.165) is 10.8 Å². The molecule has 0 aromatic heterocycles. The van der Waals surface area contributed by atoms with Crippen molar-refractivity contribution in [2.75, 3.05) is 0 Å². The van der Waals surface area contributed by atoms with Gasteiger partial charge in [-0.2, -0.15) is 0 Å². The minimum atomic E-state index is -0.119. The SMILES string of the molecule is CC(=O)c1cc2ccccc2cc1C(=O)c1ccccc1. The van der Waals surface area contributed by atoms with Crippen molar-refractivity contribution in [1.82, 2.24) is 0 Å². The first-order valence-electron chi connectivity index (χ1n) is 6.80. The van der Waals surface area contributed by atoms with Crippen molar-refractivity contribution in [3.05, 3.63) is 83.4 Å². The zero-order chi connectivity index (χ0) is 14.8. The second kappa shape index (κ2) is 5.33. The Hall–Kier alpha value is -2.74. The van der Waals surface area contributed by atoms with Crippen LogP contribution in [-0.2, 0) is 0 Å². The molecule has 0 saturated heterocycles. The number of rotatable bonds is 3. The number of Topliss-reactive ketones (excluding diaryl/α,β-unsaturated/α-hetero) is 1. The molecule has 0 radical (unpaired) electrons. The van der Waals surface area contributed by atoms with Crippen LogP contribution in [0.5, 0.6) is 0 Å². The predicted octanol–water partition coefficient (Wildman–Crippen LogP) is 4.27. The van der Waals surface area contributed by atoms with Crippen molar-refractivity contribution in [3.63, 3.8) is 0 Å². The first kappa shape index (κ1) is 13.3. The van der Waals surface area contributed by atoms with Gasteiger partial charge in [-0.1, -0.05) is 54.6 Å². The molecule has 0 heterocycles. The molecule has 3 rings (SSSR count). The van der Waals surface area contributed by atoms with Crippen LogP contribution in [0.3, 0.4) is 0 Å². The lowest BCUT2D eigenvalue weighted by molar-refractivity contribution is 0.0990. The molecule has 0 amide bonds. The van der Waals surface area contributed by atoms with Gasteiger partial charge in [-0.15, -0.1) is 0 Å². The maximum absolute atomic E-state index is 12.7. The highest BCUT2D eigenvalue weighted by molar-refractivity contribution is 6.17. The smallest absolute Gasteiger partial charge is 0.193 e. The lowest BCUT2D eigenvalue weighted by Gasteiger charge is -2.09. The fourth-order valence-electron chi connectivity index (χ4n) is 2.46. The van der Waals surface area contributed by atoms with Crippen LogP contribution in [0.15, 0.2) is 66.7 Å². The average molecular weight is 274 g/mol. The summed E-state index contributed by atoms with van der Waals surface area (Å²) < 4.78 is 0. The van der Waals surface area contributed by atoms with Gasteiger partial charge < -0.3 is 0 Å². The van der Waals surface area contributed by atoms with E-state index < -0.39 is 0 Å². The van der Waals surface area contributed by atoms with Crippen molar-refractivity contribution in [2.24, 2.45) is 0 Å². The Bertz CT molecular complexity index is 833. The van der Waals surface area contributed by atoms with E-state index in [2.05, 4.69) is 0 Å². The molecular weight excluding hydrogens is 260 g/mol. The Morgan fingerprint density at radius 2 is 1.24 bits per heavy atom. The van der Waals surface area contributed by atoms with Crippen molar-refractivity contribution < 1.29 is 9.59 Å². The molecule has 0 atom stereocenters. The second-order valence-electron chi connectivity index (χ2n) is 5.00. The van der Waals surface area contributed by atoms with Gasteiger partial charge in [0, 0.05) is 16.7 Å². The van der Waals surface area contributed by atoms with Gasteiger partial charge in [0.15, 0.2) is 11.6 Å². The molecule has 3 aromatic rings. The molecule has 102 valence electrons. The molecule has 0 aliphatic carbocycles. The molecule has 0 bridgehead atoms. The molecule has 2 nitrogen and oxygen atoms in total. The Kier molecular flexibility index (Phi) is 3.36. The summed E-state index contributed by atoms with van der Waals surface area (Å²) in [5.41, 5.74) is 1.53. The number of hydrogen-bond acceptors (Lipinski definition) is 2. The van der Waals surface area contributed by atoms with Crippen molar-refractivity contribution in [2.45, 2.75) is 6.92 Å². The topological polar surface area (TPSA) is 34.1 Å². The lowest BCUT2D eigenvalue weighted by atomic mass is 9.93. The molecule has 0 unspecified atom stereocenters. The Balaban J connectivity index is 2.23. The standard InChI is InChI=1S/C19H14O2/c1-13(20)17-11-15-9-5-6-10-16(15)12-18(17)19(21)14-7-3-2-4-8-14/h2-12H,1H3. The molecule has 0 aliphatic rings. The summed E-state index contributed by atoms with van der Waals surface area (Å²) in [5, 5.41) is 1.93. The minimum absolute atomic E-state index is 0.0972. The summed E-state index contributed by atoms with van der Waals surface area (Å²) >= 11 is 0. The summed E-state index contributed by atoms with van der Waals surface area (Å²) in [4.78, 5) is 24.6. The van der Waals surface area contributed by atoms with Crippen LogP contribution in [0.25, 0.3) is 10.8 Å². The third kappa shape index (κ3) is 2.48. The highest BCUT2D eigenvalue weighted by Gasteiger charge is 2.17. The quantitative estimate of drug-likeness (QED) is 0.668. The van der Waals surface area contributed by atoms with Gasteiger partial charge >= 0.3 is 0 Å². The molecule has 21 heavy (non-hydrogen) atoms. The van der Waals surface area contributed by atoms with Crippen molar-refractivity contribution >= 4 is 22.3 Å². The average Bonchev–Trinajstić information content (AvgIpc) is 2.53. The van der Waals surface area contributed by atoms with E-state index in [1.54, 1.807) is 24.3 Å². The Morgan fingerprint density at radius 3 is 1.81 bits per heavy atom. The summed E-state index contributed by atoms with van der Waals surface area (Å²) in [6, 6.07) is 20.4. The van der Waals surface area contributed by atoms with Crippen LogP contribution in [-0.4, -0.2) is 11.6 Å². The number of carbonyl (C=O) groups is 2. The van der Waals surface area contributed by atoms with Gasteiger partial charge in [0.2, 0.25) is 0 Å². The lowest BCUT2D eigenvalue weighted by Crippen LogP contribution is -2.08. The molecule has 0 fully saturated rings. The molecular formula is C19H14O2. The molecule has 0 N–H and O–H groups in total. The van der Waals surface area contributed by atoms with Gasteiger partial charge in [0.1, 0.15) is 0 Å². The monoisotopic (exact) mass is 274 g/mol. The summed E-state index contributed by atoms with van der Waals surface area (Å²) in [6.45, 7) is 1.49. The predicted molar refractivity (Wildman–Crippen MR) is 83.8 cm³/mol. The number of benzene rings is 3.